The van der Waals surface area contributed by atoms with Crippen molar-refractivity contribution in [2.45, 2.75) is 139 Å². The van der Waals surface area contributed by atoms with E-state index in [9.17, 15) is 42.9 Å². The first kappa shape index (κ1) is 68.3. The van der Waals surface area contributed by atoms with E-state index in [1.165, 1.54) is 18.2 Å². The minimum absolute atomic E-state index is 0. The summed E-state index contributed by atoms with van der Waals surface area (Å²) in [6.07, 6.45) is 24.9. The molecule has 3 saturated carbocycles. The maximum Gasteiger partial charge on any atom is 0.254 e. The second-order valence-corrected chi connectivity index (χ2v) is 24.2. The monoisotopic (exact) mass is 1310 g/mol. The lowest BCUT2D eigenvalue weighted by atomic mass is 9.99. The van der Waals surface area contributed by atoms with Gasteiger partial charge in [0.1, 0.15) is 34.4 Å². The molecule has 24 heteroatoms. The summed E-state index contributed by atoms with van der Waals surface area (Å²) >= 11 is 0. The lowest BCUT2D eigenvalue weighted by Crippen LogP contribution is -2.26. The van der Waals surface area contributed by atoms with E-state index in [0.29, 0.717) is 17.5 Å². The van der Waals surface area contributed by atoms with Crippen molar-refractivity contribution in [3.63, 3.8) is 0 Å². The highest BCUT2D eigenvalue weighted by Crippen LogP contribution is 2.33. The number of carbonyl (C=O) groups excluding carboxylic acids is 3. The topological polar surface area (TPSA) is 253 Å². The fourth-order valence-corrected chi connectivity index (χ4v) is 10.9. The number of hydrogen-bond acceptors (Lipinski definition) is 12. The van der Waals surface area contributed by atoms with E-state index in [0.717, 1.165) is 122 Å². The third-order valence-corrected chi connectivity index (χ3v) is 16.8. The third kappa shape index (κ3) is 14.3. The van der Waals surface area contributed by atoms with Gasteiger partial charge in [-0.3, -0.25) is 27.6 Å². The summed E-state index contributed by atoms with van der Waals surface area (Å²) in [6, 6.07) is 20.4. The Bertz CT molecular complexity index is 4390. The summed E-state index contributed by atoms with van der Waals surface area (Å²) in [7, 11) is 0. The second-order valence-electron chi connectivity index (χ2n) is 24.2. The summed E-state index contributed by atoms with van der Waals surface area (Å²) in [4.78, 5) is 50.5. The number of benzene rings is 3. The van der Waals surface area contributed by atoms with Gasteiger partial charge in [-0.2, -0.15) is 15.3 Å². The van der Waals surface area contributed by atoms with Crippen LogP contribution in [0.3, 0.4) is 0 Å². The van der Waals surface area contributed by atoms with E-state index in [1.807, 2.05) is 108 Å². The lowest BCUT2D eigenvalue weighted by molar-refractivity contribution is 0.0938. The Balaban J connectivity index is 0.000000154. The SMILES string of the molecule is C.C.C.Cc1cc(F)c(C(=O)NC2CC2)cc1-c1cnn(-c2cnc3ccc(C(C)O)cn23)c1.Cc1cc(F)c(C(=O)NC2CC2)cc1-c1cnn(-c2cnc3ccc(C(C)O)cn23)c1.Cc1cc(F)c(C(=O)NC2CC2)cc1-c1cnn(-c2cnc3ccc(C(C)O)cn23)c1. The van der Waals surface area contributed by atoms with Crippen LogP contribution in [0.25, 0.3) is 67.8 Å². The van der Waals surface area contributed by atoms with E-state index in [4.69, 9.17) is 0 Å². The molecule has 3 aliphatic rings. The van der Waals surface area contributed by atoms with Gasteiger partial charge in [-0.05, 0) is 185 Å². The Hall–Kier alpha value is -10.6. The number of aliphatic hydroxyl groups excluding tert-OH is 3. The van der Waals surface area contributed by atoms with E-state index in [2.05, 4.69) is 46.2 Å². The van der Waals surface area contributed by atoms with Crippen LogP contribution in [-0.2, 0) is 0 Å². The van der Waals surface area contributed by atoms with Crippen LogP contribution < -0.4 is 16.0 Å². The number of nitrogens with zero attached hydrogens (tertiary/aromatic N) is 12. The Labute approximate surface area is 553 Å². The van der Waals surface area contributed by atoms with Gasteiger partial charge in [0.2, 0.25) is 0 Å². The van der Waals surface area contributed by atoms with Crippen LogP contribution in [0.1, 0.15) is 164 Å². The van der Waals surface area contributed by atoms with E-state index in [1.54, 1.807) is 90.2 Å². The summed E-state index contributed by atoms with van der Waals surface area (Å²) in [5, 5.41) is 51.6. The average molecular weight is 1310 g/mol. The Morgan fingerprint density at radius 2 is 0.677 bits per heavy atom. The van der Waals surface area contributed by atoms with Gasteiger partial charge in [-0.1, -0.05) is 40.5 Å². The fourth-order valence-electron chi connectivity index (χ4n) is 10.9. The van der Waals surface area contributed by atoms with Crippen molar-refractivity contribution in [3.8, 4) is 50.8 Å². The summed E-state index contributed by atoms with van der Waals surface area (Å²) in [5.41, 5.74) is 11.3. The first-order chi connectivity index (χ1) is 44.7. The zero-order valence-electron chi connectivity index (χ0n) is 51.6. The van der Waals surface area contributed by atoms with Gasteiger partial charge >= 0.3 is 0 Å². The summed E-state index contributed by atoms with van der Waals surface area (Å²) in [5.74, 6) is -0.637. The number of aromatic nitrogens is 12. The molecule has 498 valence electrons. The molecule has 9 aromatic heterocycles. The molecular formula is C72H78F3N15O6. The molecule has 0 aliphatic heterocycles. The number of halogens is 3. The molecular weight excluding hydrogens is 1230 g/mol. The van der Waals surface area contributed by atoms with Gasteiger partial charge in [0, 0.05) is 72.0 Å². The molecule has 15 rings (SSSR count). The number of aliphatic hydroxyl groups is 3. The maximum atomic E-state index is 14.5. The lowest BCUT2D eigenvalue weighted by Gasteiger charge is -2.10. The molecule has 3 aliphatic carbocycles. The van der Waals surface area contributed by atoms with Gasteiger partial charge in [-0.25, -0.2) is 42.2 Å². The van der Waals surface area contributed by atoms with Crippen molar-refractivity contribution in [1.29, 1.82) is 0 Å². The van der Waals surface area contributed by atoms with Gasteiger partial charge in [0.15, 0.2) is 17.5 Å². The highest BCUT2D eigenvalue weighted by atomic mass is 19.1. The molecule has 21 nitrogen and oxygen atoms in total. The summed E-state index contributed by atoms with van der Waals surface area (Å²) < 4.78 is 54.0. The van der Waals surface area contributed by atoms with Gasteiger partial charge in [-0.15, -0.1) is 0 Å². The van der Waals surface area contributed by atoms with E-state index >= 15 is 0 Å². The molecule has 3 atom stereocenters. The zero-order valence-corrected chi connectivity index (χ0v) is 51.6. The highest BCUT2D eigenvalue weighted by Gasteiger charge is 2.29. The maximum absolute atomic E-state index is 14.5. The van der Waals surface area contributed by atoms with Crippen LogP contribution >= 0.6 is 0 Å². The van der Waals surface area contributed by atoms with Crippen LogP contribution in [0.2, 0.25) is 0 Å². The minimum Gasteiger partial charge on any atom is -0.389 e. The van der Waals surface area contributed by atoms with Gasteiger partial charge in [0.05, 0.1) is 72.2 Å². The van der Waals surface area contributed by atoms with Crippen LogP contribution in [0.4, 0.5) is 13.2 Å². The average Bonchev–Trinajstić information content (AvgIpc) is 1.65. The number of amides is 3. The number of nitrogens with one attached hydrogen (secondary N) is 3. The van der Waals surface area contributed by atoms with Crippen molar-refractivity contribution >= 4 is 34.7 Å². The normalized spacial score (nSPS) is 14.2. The highest BCUT2D eigenvalue weighted by molar-refractivity contribution is 5.98. The van der Waals surface area contributed by atoms with Crippen molar-refractivity contribution < 1.29 is 42.9 Å². The zero-order chi connectivity index (χ0) is 65.1. The van der Waals surface area contributed by atoms with Crippen molar-refractivity contribution in [3.05, 3.63) is 215 Å². The molecule has 3 fully saturated rings. The van der Waals surface area contributed by atoms with Crippen LogP contribution in [-0.4, -0.2) is 109 Å². The number of hydrogen-bond donors (Lipinski definition) is 6. The molecule has 0 bridgehead atoms. The Morgan fingerprint density at radius 1 is 0.417 bits per heavy atom. The second kappa shape index (κ2) is 27.8. The molecule has 3 amide bonds. The standard InChI is InChI=1S/3C23H22FN5O2.3CH4/c3*1-13-7-20(24)19(23(31)27-17-4-5-17)8-18(13)16-9-26-29(12-16)22-10-25-21-6-3-15(14(2)30)11-28(21)22;;;/h3*3,6-12,14,17,30H,4-5H2,1-2H3,(H,27,31);3*1H4. The first-order valence-corrected chi connectivity index (χ1v) is 30.7. The number of aryl methyl sites for hydroxylation is 3. The number of carbonyl (C=O) groups is 3. The van der Waals surface area contributed by atoms with Crippen LogP contribution in [0.5, 0.6) is 0 Å². The van der Waals surface area contributed by atoms with E-state index in [-0.39, 0.29) is 74.8 Å². The molecule has 9 heterocycles. The number of pyridine rings is 3. The number of imidazole rings is 3. The van der Waals surface area contributed by atoms with Gasteiger partial charge < -0.3 is 31.3 Å². The van der Waals surface area contributed by atoms with Crippen molar-refractivity contribution in [2.24, 2.45) is 0 Å². The Morgan fingerprint density at radius 3 is 0.917 bits per heavy atom. The number of fused-ring (bicyclic) bond motifs is 3. The first-order valence-electron chi connectivity index (χ1n) is 30.7. The molecule has 3 unspecified atom stereocenters. The van der Waals surface area contributed by atoms with Crippen molar-refractivity contribution in [2.75, 3.05) is 0 Å². The van der Waals surface area contributed by atoms with Crippen LogP contribution in [0.15, 0.2) is 147 Å². The molecule has 96 heavy (non-hydrogen) atoms. The van der Waals surface area contributed by atoms with Crippen molar-refractivity contribution in [1.82, 2.24) is 73.4 Å². The fraction of sp³-hybridized carbons (Fsp3) is 0.292. The molecule has 3 aromatic carbocycles. The summed E-state index contributed by atoms with van der Waals surface area (Å²) in [6.45, 7) is 10.5. The number of rotatable bonds is 15. The molecule has 0 spiro atoms. The molecule has 0 radical (unpaired) electrons. The predicted octanol–water partition coefficient (Wildman–Crippen LogP) is 12.6. The minimum atomic E-state index is -0.602. The predicted molar refractivity (Wildman–Crippen MR) is 361 cm³/mol. The van der Waals surface area contributed by atoms with E-state index < -0.39 is 35.8 Å². The Kier molecular flexibility index (Phi) is 19.8. The van der Waals surface area contributed by atoms with Crippen LogP contribution in [0, 0.1) is 38.2 Å². The largest absolute Gasteiger partial charge is 0.389 e. The molecule has 0 saturated heterocycles. The third-order valence-electron chi connectivity index (χ3n) is 16.8. The van der Waals surface area contributed by atoms with Gasteiger partial charge in [0.25, 0.3) is 17.7 Å². The smallest absolute Gasteiger partial charge is 0.254 e. The quantitative estimate of drug-likeness (QED) is 0.0560. The molecule has 6 N–H and O–H groups in total. The molecule has 12 aromatic rings.